The molecule has 0 amide bonds. The van der Waals surface area contributed by atoms with Gasteiger partial charge in [-0.25, -0.2) is 0 Å². The molecule has 1 aromatic carbocycles. The van der Waals surface area contributed by atoms with E-state index in [0.717, 1.165) is 55.2 Å². The molecule has 0 spiro atoms. The van der Waals surface area contributed by atoms with Gasteiger partial charge < -0.3 is 5.11 Å². The number of unbranched alkanes of at least 4 members (excludes halogenated alkanes) is 1. The largest absolute Gasteiger partial charge is 0.388 e. The van der Waals surface area contributed by atoms with E-state index in [-0.39, 0.29) is 10.6 Å². The molecule has 21 heavy (non-hydrogen) atoms. The lowest BCUT2D eigenvalue weighted by Crippen LogP contribution is -2.00. The lowest BCUT2D eigenvalue weighted by molar-refractivity contribution is -0.384. The van der Waals surface area contributed by atoms with E-state index in [0.29, 0.717) is 0 Å². The molecule has 4 heteroatoms. The number of nitrogens with zero attached hydrogens (tertiary/aromatic N) is 1. The lowest BCUT2D eigenvalue weighted by atomic mass is 9.99. The zero-order valence-electron chi connectivity index (χ0n) is 12.3. The number of aliphatic hydroxyl groups is 1. The molecule has 1 aromatic rings. The number of non-ortho nitro benzene ring substituents is 1. The van der Waals surface area contributed by atoms with Crippen LogP contribution in [0.5, 0.6) is 0 Å². The molecule has 1 atom stereocenters. The Morgan fingerprint density at radius 2 is 2.33 bits per heavy atom. The van der Waals surface area contributed by atoms with Gasteiger partial charge in [-0.3, -0.25) is 10.1 Å². The van der Waals surface area contributed by atoms with Crippen molar-refractivity contribution in [1.29, 1.82) is 0 Å². The van der Waals surface area contributed by atoms with Crippen molar-refractivity contribution >= 4 is 11.3 Å². The zero-order chi connectivity index (χ0) is 15.2. The Kier molecular flexibility index (Phi) is 5.32. The van der Waals surface area contributed by atoms with Crippen LogP contribution in [0.15, 0.2) is 35.6 Å². The van der Waals surface area contributed by atoms with Gasteiger partial charge >= 0.3 is 0 Å². The number of rotatable bonds is 5. The van der Waals surface area contributed by atoms with Crippen molar-refractivity contribution in [2.75, 3.05) is 0 Å². The maximum Gasteiger partial charge on any atom is 0.270 e. The number of hydrogen-bond donors (Lipinski definition) is 1. The van der Waals surface area contributed by atoms with Crippen LogP contribution in [0.1, 0.15) is 51.0 Å². The number of nitro groups is 1. The zero-order valence-corrected chi connectivity index (χ0v) is 12.3. The molecular formula is C17H21NO3. The summed E-state index contributed by atoms with van der Waals surface area (Å²) in [6, 6.07) is 6.68. The van der Waals surface area contributed by atoms with Gasteiger partial charge in [-0.1, -0.05) is 25.5 Å². The number of hydrogen-bond acceptors (Lipinski definition) is 3. The highest BCUT2D eigenvalue weighted by atomic mass is 16.6. The summed E-state index contributed by atoms with van der Waals surface area (Å²) in [6.07, 6.45) is 5.13. The first kappa shape index (κ1) is 15.5. The fourth-order valence-corrected chi connectivity index (χ4v) is 2.61. The molecule has 0 aliphatic heterocycles. The second-order valence-electron chi connectivity index (χ2n) is 5.45. The van der Waals surface area contributed by atoms with Crippen molar-refractivity contribution < 1.29 is 10.0 Å². The summed E-state index contributed by atoms with van der Waals surface area (Å²) in [4.78, 5) is 10.5. The Morgan fingerprint density at radius 3 is 2.95 bits per heavy atom. The molecular weight excluding hydrogens is 266 g/mol. The van der Waals surface area contributed by atoms with E-state index in [1.807, 2.05) is 6.07 Å². The van der Waals surface area contributed by atoms with Crippen LogP contribution in [0.4, 0.5) is 5.69 Å². The van der Waals surface area contributed by atoms with E-state index in [1.165, 1.54) is 6.07 Å². The lowest BCUT2D eigenvalue weighted by Gasteiger charge is -2.07. The van der Waals surface area contributed by atoms with Crippen molar-refractivity contribution in [3.8, 4) is 0 Å². The maximum atomic E-state index is 10.9. The second kappa shape index (κ2) is 7.21. The highest BCUT2D eigenvalue weighted by Crippen LogP contribution is 2.28. The van der Waals surface area contributed by atoms with Gasteiger partial charge in [0.2, 0.25) is 0 Å². The van der Waals surface area contributed by atoms with Crippen molar-refractivity contribution in [2.24, 2.45) is 0 Å². The summed E-state index contributed by atoms with van der Waals surface area (Å²) < 4.78 is 0. The van der Waals surface area contributed by atoms with Gasteiger partial charge in [-0.15, -0.1) is 5.73 Å². The van der Waals surface area contributed by atoms with Crippen LogP contribution >= 0.6 is 0 Å². The minimum absolute atomic E-state index is 0.0975. The molecule has 0 heterocycles. The monoisotopic (exact) mass is 287 g/mol. The van der Waals surface area contributed by atoms with Gasteiger partial charge in [0.05, 0.1) is 11.0 Å². The normalized spacial score (nSPS) is 17.6. The summed E-state index contributed by atoms with van der Waals surface area (Å²) in [6.45, 7) is 2.11. The fourth-order valence-electron chi connectivity index (χ4n) is 2.61. The van der Waals surface area contributed by atoms with E-state index in [4.69, 9.17) is 0 Å². The van der Waals surface area contributed by atoms with Gasteiger partial charge in [-0.2, -0.15) is 0 Å². The van der Waals surface area contributed by atoms with Gasteiger partial charge in [-0.05, 0) is 37.7 Å². The molecule has 0 unspecified atom stereocenters. The van der Waals surface area contributed by atoms with Crippen LogP contribution in [0.25, 0.3) is 5.57 Å². The number of aliphatic hydroxyl groups excluding tert-OH is 1. The van der Waals surface area contributed by atoms with Gasteiger partial charge in [0.25, 0.3) is 5.69 Å². The number of nitro benzene ring substituents is 1. The molecule has 4 nitrogen and oxygen atoms in total. The highest BCUT2D eigenvalue weighted by molar-refractivity contribution is 5.67. The average molecular weight is 287 g/mol. The first-order valence-corrected chi connectivity index (χ1v) is 7.53. The van der Waals surface area contributed by atoms with Crippen molar-refractivity contribution in [3.05, 3.63) is 51.2 Å². The quantitative estimate of drug-likeness (QED) is 0.500. The smallest absolute Gasteiger partial charge is 0.270 e. The van der Waals surface area contributed by atoms with Gasteiger partial charge in [0.1, 0.15) is 0 Å². The molecule has 1 aliphatic rings. The van der Waals surface area contributed by atoms with E-state index in [9.17, 15) is 15.2 Å². The molecule has 1 N–H and O–H groups in total. The topological polar surface area (TPSA) is 63.4 Å². The number of benzene rings is 1. The maximum absolute atomic E-state index is 10.9. The summed E-state index contributed by atoms with van der Waals surface area (Å²) in [7, 11) is 0. The van der Waals surface area contributed by atoms with Crippen LogP contribution in [-0.2, 0) is 0 Å². The van der Waals surface area contributed by atoms with Crippen molar-refractivity contribution in [3.63, 3.8) is 0 Å². The van der Waals surface area contributed by atoms with Crippen LogP contribution in [0.3, 0.4) is 0 Å². The third-order valence-corrected chi connectivity index (χ3v) is 3.82. The second-order valence-corrected chi connectivity index (χ2v) is 5.45. The van der Waals surface area contributed by atoms with E-state index in [1.54, 1.807) is 12.1 Å². The molecule has 1 saturated carbocycles. The molecule has 112 valence electrons. The van der Waals surface area contributed by atoms with Crippen molar-refractivity contribution in [1.82, 2.24) is 0 Å². The van der Waals surface area contributed by atoms with Gasteiger partial charge in [0.15, 0.2) is 0 Å². The molecule has 1 aliphatic carbocycles. The molecule has 0 saturated heterocycles. The fraction of sp³-hybridized carbons (Fsp3) is 0.471. The average Bonchev–Trinajstić information content (AvgIpc) is 2.88. The SMILES string of the molecule is CCCCC(=C=C1CCC[C@H]1O)c1cccc([N+](=O)[O-])c1. The summed E-state index contributed by atoms with van der Waals surface area (Å²) in [5.74, 6) is 0. The minimum Gasteiger partial charge on any atom is -0.388 e. The van der Waals surface area contributed by atoms with Crippen LogP contribution in [0.2, 0.25) is 0 Å². The summed E-state index contributed by atoms with van der Waals surface area (Å²) in [5.41, 5.74) is 6.19. The van der Waals surface area contributed by atoms with Crippen LogP contribution < -0.4 is 0 Å². The predicted octanol–water partition coefficient (Wildman–Crippen LogP) is 4.24. The first-order chi connectivity index (χ1) is 10.1. The third kappa shape index (κ3) is 4.03. The van der Waals surface area contributed by atoms with Crippen LogP contribution in [0, 0.1) is 10.1 Å². The van der Waals surface area contributed by atoms with Gasteiger partial charge in [0, 0.05) is 23.3 Å². The molecule has 0 radical (unpaired) electrons. The molecule has 0 aromatic heterocycles. The Labute approximate surface area is 125 Å². The Hall–Kier alpha value is -1.90. The molecule has 2 rings (SSSR count). The standard InChI is InChI=1S/C17H21NO3/c1-2-3-6-13(11-15-8-5-10-17(15)19)14-7-4-9-16(12-14)18(20)21/h4,7,9,12,17,19H,2-3,5-6,8,10H2,1H3/t11?,17-/m1/s1. The van der Waals surface area contributed by atoms with Crippen LogP contribution in [-0.4, -0.2) is 16.1 Å². The first-order valence-electron chi connectivity index (χ1n) is 7.53. The molecule has 0 bridgehead atoms. The Morgan fingerprint density at radius 1 is 1.52 bits per heavy atom. The van der Waals surface area contributed by atoms with E-state index < -0.39 is 6.10 Å². The van der Waals surface area contributed by atoms with E-state index >= 15 is 0 Å². The summed E-state index contributed by atoms with van der Waals surface area (Å²) >= 11 is 0. The summed E-state index contributed by atoms with van der Waals surface area (Å²) in [5, 5.41) is 20.8. The molecule has 1 fully saturated rings. The predicted molar refractivity (Wildman–Crippen MR) is 82.9 cm³/mol. The third-order valence-electron chi connectivity index (χ3n) is 3.82. The highest BCUT2D eigenvalue weighted by Gasteiger charge is 2.18. The van der Waals surface area contributed by atoms with E-state index in [2.05, 4.69) is 12.7 Å². The Balaban J connectivity index is 2.43. The minimum atomic E-state index is -0.402. The van der Waals surface area contributed by atoms with Crippen molar-refractivity contribution in [2.45, 2.75) is 51.6 Å². The Bertz CT molecular complexity index is 585.